The Kier molecular flexibility index (Phi) is 8.43. The number of amides is 2. The molecule has 0 unspecified atom stereocenters. The molecule has 0 radical (unpaired) electrons. The number of amidine groups is 1. The van der Waals surface area contributed by atoms with E-state index in [0.717, 1.165) is 43.9 Å². The van der Waals surface area contributed by atoms with Gasteiger partial charge in [0.15, 0.2) is 0 Å². The largest absolute Gasteiger partial charge is 0.354 e. The third kappa shape index (κ3) is 7.28. The lowest BCUT2D eigenvalue weighted by Crippen LogP contribution is -2.48. The van der Waals surface area contributed by atoms with Gasteiger partial charge in [0, 0.05) is 44.0 Å². The van der Waals surface area contributed by atoms with Crippen LogP contribution in [0.25, 0.3) is 0 Å². The lowest BCUT2D eigenvalue weighted by Gasteiger charge is -2.36. The zero-order chi connectivity index (χ0) is 23.8. The van der Waals surface area contributed by atoms with Crippen molar-refractivity contribution in [1.82, 2.24) is 15.1 Å². The zero-order valence-electron chi connectivity index (χ0n) is 18.9. The summed E-state index contributed by atoms with van der Waals surface area (Å²) in [5.41, 5.74) is 2.10. The van der Waals surface area contributed by atoms with E-state index in [-0.39, 0.29) is 11.4 Å². The van der Waals surface area contributed by atoms with E-state index in [4.69, 9.17) is 10.5 Å². The number of nitrogens with zero attached hydrogens (tertiary/aromatic N) is 2. The molecule has 1 saturated heterocycles. The highest BCUT2D eigenvalue weighted by Gasteiger charge is 2.19. The molecule has 0 atom stereocenters. The van der Waals surface area contributed by atoms with Gasteiger partial charge in [-0.25, -0.2) is 18.4 Å². The van der Waals surface area contributed by atoms with Crippen LogP contribution in [0.1, 0.15) is 30.9 Å². The molecule has 178 valence electrons. The number of piperazine rings is 1. The van der Waals surface area contributed by atoms with E-state index in [1.165, 1.54) is 25.0 Å². The summed E-state index contributed by atoms with van der Waals surface area (Å²) in [7, 11) is -3.74. The first-order chi connectivity index (χ1) is 15.8. The number of primary sulfonamides is 1. The van der Waals surface area contributed by atoms with Crippen LogP contribution in [0, 0.1) is 5.41 Å². The highest BCUT2D eigenvalue weighted by atomic mass is 32.2. The number of urea groups is 1. The van der Waals surface area contributed by atoms with Gasteiger partial charge in [-0.2, -0.15) is 0 Å². The van der Waals surface area contributed by atoms with Gasteiger partial charge in [0.2, 0.25) is 10.0 Å². The number of benzene rings is 2. The molecule has 10 heteroatoms. The smallest absolute Gasteiger partial charge is 0.319 e. The van der Waals surface area contributed by atoms with Gasteiger partial charge in [-0.1, -0.05) is 37.6 Å². The zero-order valence-corrected chi connectivity index (χ0v) is 19.7. The number of anilines is 1. The summed E-state index contributed by atoms with van der Waals surface area (Å²) in [6.45, 7) is 7.11. The molecular weight excluding hydrogens is 440 g/mol. The Morgan fingerprint density at radius 2 is 1.79 bits per heavy atom. The predicted octanol–water partition coefficient (Wildman–Crippen LogP) is 2.40. The number of hydrogen-bond acceptors (Lipinski definition) is 5. The number of carbonyl (C=O) groups is 1. The van der Waals surface area contributed by atoms with Crippen LogP contribution >= 0.6 is 0 Å². The van der Waals surface area contributed by atoms with E-state index < -0.39 is 16.1 Å². The van der Waals surface area contributed by atoms with Crippen LogP contribution in [-0.2, 0) is 16.6 Å². The van der Waals surface area contributed by atoms with Gasteiger partial charge >= 0.3 is 6.03 Å². The second-order valence-corrected chi connectivity index (χ2v) is 9.67. The summed E-state index contributed by atoms with van der Waals surface area (Å²) in [6.07, 6.45) is 2.39. The minimum atomic E-state index is -3.74. The second kappa shape index (κ2) is 11.3. The fourth-order valence-corrected chi connectivity index (χ4v) is 4.17. The van der Waals surface area contributed by atoms with E-state index in [0.29, 0.717) is 11.5 Å². The first-order valence-electron chi connectivity index (χ1n) is 11.1. The number of nitrogens with one attached hydrogen (secondary N) is 3. The standard InChI is InChI=1S/C23H32N6O3S/c1-2-3-11-28-12-14-29(15-13-28)22(24)19-5-4-6-20(16-19)27-23(30)26-17-18-7-9-21(10-8-18)33(25,31)32/h4-10,16,24H,2-3,11-15,17H2,1H3,(H2,25,31,32)(H2,26,27,30). The SMILES string of the molecule is CCCCN1CCN(C(=N)c2cccc(NC(=O)NCc3ccc(S(N)(=O)=O)cc3)c2)CC1. The van der Waals surface area contributed by atoms with Gasteiger partial charge in [0.1, 0.15) is 5.84 Å². The first kappa shape index (κ1) is 24.7. The Morgan fingerprint density at radius 1 is 1.09 bits per heavy atom. The van der Waals surface area contributed by atoms with Crippen LogP contribution < -0.4 is 15.8 Å². The quantitative estimate of drug-likeness (QED) is 0.346. The monoisotopic (exact) mass is 472 g/mol. The van der Waals surface area contributed by atoms with Crippen LogP contribution in [0.4, 0.5) is 10.5 Å². The van der Waals surface area contributed by atoms with Crippen LogP contribution in [0.15, 0.2) is 53.4 Å². The van der Waals surface area contributed by atoms with Crippen LogP contribution in [0.2, 0.25) is 0 Å². The van der Waals surface area contributed by atoms with Gasteiger partial charge in [-0.15, -0.1) is 0 Å². The Hall–Kier alpha value is -2.95. The van der Waals surface area contributed by atoms with Crippen molar-refractivity contribution in [2.24, 2.45) is 5.14 Å². The van der Waals surface area contributed by atoms with Crippen molar-refractivity contribution in [3.05, 3.63) is 59.7 Å². The van der Waals surface area contributed by atoms with E-state index in [1.807, 2.05) is 12.1 Å². The minimum Gasteiger partial charge on any atom is -0.354 e. The Balaban J connectivity index is 1.51. The third-order valence-electron chi connectivity index (χ3n) is 5.62. The average molecular weight is 473 g/mol. The number of nitrogens with two attached hydrogens (primary N) is 1. The summed E-state index contributed by atoms with van der Waals surface area (Å²) >= 11 is 0. The molecule has 1 aliphatic heterocycles. The number of sulfonamides is 1. The normalized spacial score (nSPS) is 14.7. The van der Waals surface area contributed by atoms with Crippen LogP contribution in [0.5, 0.6) is 0 Å². The molecule has 0 aromatic heterocycles. The van der Waals surface area contributed by atoms with Crippen LogP contribution in [0.3, 0.4) is 0 Å². The van der Waals surface area contributed by atoms with Crippen molar-refractivity contribution >= 4 is 27.6 Å². The predicted molar refractivity (Wildman–Crippen MR) is 130 cm³/mol. The molecule has 1 fully saturated rings. The summed E-state index contributed by atoms with van der Waals surface area (Å²) < 4.78 is 22.6. The molecule has 2 aromatic rings. The lowest BCUT2D eigenvalue weighted by molar-refractivity contribution is 0.180. The maximum absolute atomic E-state index is 12.3. The molecule has 0 aliphatic carbocycles. The maximum atomic E-state index is 12.3. The number of hydrogen-bond donors (Lipinski definition) is 4. The molecule has 1 aliphatic rings. The summed E-state index contributed by atoms with van der Waals surface area (Å²) in [5.74, 6) is 0.462. The van der Waals surface area contributed by atoms with Gasteiger partial charge < -0.3 is 15.5 Å². The van der Waals surface area contributed by atoms with Crippen molar-refractivity contribution in [2.75, 3.05) is 38.0 Å². The summed E-state index contributed by atoms with van der Waals surface area (Å²) in [6, 6.07) is 12.9. The third-order valence-corrected chi connectivity index (χ3v) is 6.54. The Labute approximate surface area is 195 Å². The van der Waals surface area contributed by atoms with Gasteiger partial charge in [0.05, 0.1) is 4.90 Å². The van der Waals surface area contributed by atoms with E-state index in [2.05, 4.69) is 27.4 Å². The van der Waals surface area contributed by atoms with E-state index >= 15 is 0 Å². The molecule has 2 amide bonds. The van der Waals surface area contributed by atoms with Gasteiger partial charge in [-0.05, 0) is 42.8 Å². The topological polar surface area (TPSA) is 132 Å². The van der Waals surface area contributed by atoms with Crippen molar-refractivity contribution in [3.63, 3.8) is 0 Å². The first-order valence-corrected chi connectivity index (χ1v) is 12.6. The Morgan fingerprint density at radius 3 is 2.42 bits per heavy atom. The van der Waals surface area contributed by atoms with E-state index in [9.17, 15) is 13.2 Å². The summed E-state index contributed by atoms with van der Waals surface area (Å²) in [5, 5.41) is 19.2. The molecule has 5 N–H and O–H groups in total. The second-order valence-electron chi connectivity index (χ2n) is 8.11. The molecule has 33 heavy (non-hydrogen) atoms. The van der Waals surface area contributed by atoms with Crippen molar-refractivity contribution in [2.45, 2.75) is 31.2 Å². The van der Waals surface area contributed by atoms with Gasteiger partial charge in [0.25, 0.3) is 0 Å². The number of unbranched alkanes of at least 4 members (excludes halogenated alkanes) is 1. The maximum Gasteiger partial charge on any atom is 0.319 e. The fourth-order valence-electron chi connectivity index (χ4n) is 3.66. The molecule has 0 bridgehead atoms. The molecule has 1 heterocycles. The summed E-state index contributed by atoms with van der Waals surface area (Å²) in [4.78, 5) is 16.9. The van der Waals surface area contributed by atoms with Gasteiger partial charge in [-0.3, -0.25) is 10.3 Å². The highest BCUT2D eigenvalue weighted by molar-refractivity contribution is 7.89. The molecule has 3 rings (SSSR count). The minimum absolute atomic E-state index is 0.0253. The van der Waals surface area contributed by atoms with Crippen molar-refractivity contribution in [1.29, 1.82) is 5.41 Å². The molecule has 0 spiro atoms. The molecule has 0 saturated carbocycles. The average Bonchev–Trinajstić information content (AvgIpc) is 2.81. The Bertz CT molecular complexity index is 1060. The number of rotatable bonds is 8. The lowest BCUT2D eigenvalue weighted by atomic mass is 10.1. The highest BCUT2D eigenvalue weighted by Crippen LogP contribution is 2.15. The van der Waals surface area contributed by atoms with Crippen LogP contribution in [-0.4, -0.2) is 62.8 Å². The molecular formula is C23H32N6O3S. The molecule has 9 nitrogen and oxygen atoms in total. The van der Waals surface area contributed by atoms with Crippen molar-refractivity contribution in [3.8, 4) is 0 Å². The number of carbonyl (C=O) groups excluding carboxylic acids is 1. The fraction of sp³-hybridized carbons (Fsp3) is 0.391. The van der Waals surface area contributed by atoms with Crippen molar-refractivity contribution < 1.29 is 13.2 Å². The van der Waals surface area contributed by atoms with E-state index in [1.54, 1.807) is 24.3 Å². The molecule has 2 aromatic carbocycles.